The highest BCUT2D eigenvalue weighted by Gasteiger charge is 2.18. The zero-order valence-corrected chi connectivity index (χ0v) is 10.00. The summed E-state index contributed by atoms with van der Waals surface area (Å²) in [6, 6.07) is 0. The maximum absolute atomic E-state index is 11.8. The van der Waals surface area contributed by atoms with Gasteiger partial charge < -0.3 is 9.64 Å². The highest BCUT2D eigenvalue weighted by atomic mass is 16.5. The van der Waals surface area contributed by atoms with Crippen LogP contribution in [0, 0.1) is 5.92 Å². The molecule has 0 spiro atoms. The van der Waals surface area contributed by atoms with Crippen molar-refractivity contribution in [3.63, 3.8) is 0 Å². The van der Waals surface area contributed by atoms with Crippen molar-refractivity contribution in [2.75, 3.05) is 26.3 Å². The second-order valence-electron chi connectivity index (χ2n) is 4.44. The van der Waals surface area contributed by atoms with Crippen LogP contribution >= 0.6 is 0 Å². The van der Waals surface area contributed by atoms with Crippen LogP contribution in [-0.4, -0.2) is 37.1 Å². The molecule has 0 N–H and O–H groups in total. The summed E-state index contributed by atoms with van der Waals surface area (Å²) in [6.45, 7) is 7.33. The van der Waals surface area contributed by atoms with E-state index in [1.54, 1.807) is 0 Å². The molecule has 1 atom stereocenters. The van der Waals surface area contributed by atoms with Crippen LogP contribution in [0.15, 0.2) is 0 Å². The van der Waals surface area contributed by atoms with E-state index in [4.69, 9.17) is 4.74 Å². The summed E-state index contributed by atoms with van der Waals surface area (Å²) in [5.74, 6) is 0.835. The van der Waals surface area contributed by atoms with Crippen LogP contribution in [0.2, 0.25) is 0 Å². The van der Waals surface area contributed by atoms with E-state index in [0.29, 0.717) is 31.5 Å². The van der Waals surface area contributed by atoms with Crippen LogP contribution in [0.25, 0.3) is 0 Å². The van der Waals surface area contributed by atoms with E-state index in [1.165, 1.54) is 19.3 Å². The van der Waals surface area contributed by atoms with Crippen LogP contribution in [0.1, 0.15) is 39.5 Å². The fourth-order valence-corrected chi connectivity index (χ4v) is 1.89. The van der Waals surface area contributed by atoms with E-state index in [-0.39, 0.29) is 0 Å². The third-order valence-electron chi connectivity index (χ3n) is 2.94. The lowest BCUT2D eigenvalue weighted by Crippen LogP contribution is -2.41. The molecule has 1 rings (SSSR count). The molecule has 1 aliphatic heterocycles. The Kier molecular flexibility index (Phi) is 5.69. The van der Waals surface area contributed by atoms with Crippen molar-refractivity contribution < 1.29 is 9.53 Å². The van der Waals surface area contributed by atoms with E-state index in [9.17, 15) is 4.79 Å². The molecule has 0 aromatic rings. The molecule has 0 aromatic carbocycles. The number of carbonyl (C=O) groups is 1. The Balaban J connectivity index is 2.21. The van der Waals surface area contributed by atoms with E-state index in [0.717, 1.165) is 13.1 Å². The van der Waals surface area contributed by atoms with Crippen molar-refractivity contribution in [3.8, 4) is 0 Å². The first-order valence-corrected chi connectivity index (χ1v) is 6.09. The first-order valence-electron chi connectivity index (χ1n) is 6.09. The predicted octanol–water partition coefficient (Wildman–Crippen LogP) is 2.06. The second-order valence-corrected chi connectivity index (χ2v) is 4.44. The van der Waals surface area contributed by atoms with Gasteiger partial charge in [-0.1, -0.05) is 33.1 Å². The molecule has 0 saturated carbocycles. The lowest BCUT2D eigenvalue weighted by atomic mass is 10.00. The fourth-order valence-electron chi connectivity index (χ4n) is 1.89. The second kappa shape index (κ2) is 6.83. The number of nitrogens with zero attached hydrogens (tertiary/aromatic N) is 1. The van der Waals surface area contributed by atoms with E-state index in [1.807, 2.05) is 4.90 Å². The van der Waals surface area contributed by atoms with Crippen LogP contribution < -0.4 is 0 Å². The zero-order chi connectivity index (χ0) is 11.1. The van der Waals surface area contributed by atoms with Gasteiger partial charge in [-0.25, -0.2) is 0 Å². The molecule has 1 saturated heterocycles. The molecule has 88 valence electrons. The molecular weight excluding hydrogens is 190 g/mol. The summed E-state index contributed by atoms with van der Waals surface area (Å²) in [4.78, 5) is 13.8. The number of amides is 1. The lowest BCUT2D eigenvalue weighted by molar-refractivity contribution is -0.136. The SMILES string of the molecule is CCCCC(C)CC(=O)N1CCOCC1. The largest absolute Gasteiger partial charge is 0.378 e. The highest BCUT2D eigenvalue weighted by molar-refractivity contribution is 5.76. The smallest absolute Gasteiger partial charge is 0.222 e. The summed E-state index contributed by atoms with van der Waals surface area (Å²) in [6.07, 6.45) is 4.33. The van der Waals surface area contributed by atoms with Gasteiger partial charge in [0.05, 0.1) is 13.2 Å². The summed E-state index contributed by atoms with van der Waals surface area (Å²) < 4.78 is 5.23. The summed E-state index contributed by atoms with van der Waals surface area (Å²) in [5.41, 5.74) is 0. The number of unbranched alkanes of at least 4 members (excludes halogenated alkanes) is 1. The van der Waals surface area contributed by atoms with Gasteiger partial charge in [-0.3, -0.25) is 4.79 Å². The Bertz CT molecular complexity index is 188. The molecule has 0 aromatic heterocycles. The molecule has 1 unspecified atom stereocenters. The lowest BCUT2D eigenvalue weighted by Gasteiger charge is -2.27. The summed E-state index contributed by atoms with van der Waals surface area (Å²) >= 11 is 0. The third kappa shape index (κ3) is 4.65. The minimum Gasteiger partial charge on any atom is -0.378 e. The molecule has 1 heterocycles. The third-order valence-corrected chi connectivity index (χ3v) is 2.94. The zero-order valence-electron chi connectivity index (χ0n) is 10.00. The monoisotopic (exact) mass is 213 g/mol. The number of morpholine rings is 1. The minimum atomic E-state index is 0.307. The molecule has 1 aliphatic rings. The van der Waals surface area contributed by atoms with E-state index < -0.39 is 0 Å². The molecule has 0 radical (unpaired) electrons. The Morgan fingerprint density at radius 1 is 1.40 bits per heavy atom. The Morgan fingerprint density at radius 2 is 2.07 bits per heavy atom. The number of rotatable bonds is 5. The molecule has 1 amide bonds. The Labute approximate surface area is 92.8 Å². The molecule has 15 heavy (non-hydrogen) atoms. The number of hydrogen-bond acceptors (Lipinski definition) is 2. The van der Waals surface area contributed by atoms with Crippen LogP contribution in [0.4, 0.5) is 0 Å². The number of ether oxygens (including phenoxy) is 1. The Morgan fingerprint density at radius 3 is 2.67 bits per heavy atom. The van der Waals surface area contributed by atoms with Crippen LogP contribution in [-0.2, 0) is 9.53 Å². The molecular formula is C12H23NO2. The summed E-state index contributed by atoms with van der Waals surface area (Å²) in [5, 5.41) is 0. The standard InChI is InChI=1S/C12H23NO2/c1-3-4-5-11(2)10-12(14)13-6-8-15-9-7-13/h11H,3-10H2,1-2H3. The number of hydrogen-bond donors (Lipinski definition) is 0. The molecule has 3 nitrogen and oxygen atoms in total. The van der Waals surface area contributed by atoms with Crippen molar-refractivity contribution in [2.24, 2.45) is 5.92 Å². The topological polar surface area (TPSA) is 29.5 Å². The molecule has 0 bridgehead atoms. The van der Waals surface area contributed by atoms with Crippen LogP contribution in [0.3, 0.4) is 0 Å². The van der Waals surface area contributed by atoms with Gasteiger partial charge in [-0.2, -0.15) is 0 Å². The fraction of sp³-hybridized carbons (Fsp3) is 0.917. The Hall–Kier alpha value is -0.570. The average molecular weight is 213 g/mol. The van der Waals surface area contributed by atoms with Gasteiger partial charge in [-0.05, 0) is 5.92 Å². The van der Waals surface area contributed by atoms with Crippen LogP contribution in [0.5, 0.6) is 0 Å². The van der Waals surface area contributed by atoms with Crippen molar-refractivity contribution >= 4 is 5.91 Å². The molecule has 1 fully saturated rings. The highest BCUT2D eigenvalue weighted by Crippen LogP contribution is 2.14. The average Bonchev–Trinajstić information content (AvgIpc) is 2.27. The van der Waals surface area contributed by atoms with E-state index in [2.05, 4.69) is 13.8 Å². The molecule has 0 aliphatic carbocycles. The van der Waals surface area contributed by atoms with Gasteiger partial charge in [0.15, 0.2) is 0 Å². The van der Waals surface area contributed by atoms with Crippen molar-refractivity contribution in [1.29, 1.82) is 0 Å². The van der Waals surface area contributed by atoms with Gasteiger partial charge in [0.1, 0.15) is 0 Å². The number of carbonyl (C=O) groups excluding carboxylic acids is 1. The maximum atomic E-state index is 11.8. The van der Waals surface area contributed by atoms with Gasteiger partial charge in [0.2, 0.25) is 5.91 Å². The van der Waals surface area contributed by atoms with Crippen molar-refractivity contribution in [1.82, 2.24) is 4.90 Å². The maximum Gasteiger partial charge on any atom is 0.222 e. The van der Waals surface area contributed by atoms with Gasteiger partial charge >= 0.3 is 0 Å². The van der Waals surface area contributed by atoms with Gasteiger partial charge in [0.25, 0.3) is 0 Å². The van der Waals surface area contributed by atoms with Gasteiger partial charge in [0, 0.05) is 19.5 Å². The minimum absolute atomic E-state index is 0.307. The quantitative estimate of drug-likeness (QED) is 0.699. The van der Waals surface area contributed by atoms with Gasteiger partial charge in [-0.15, -0.1) is 0 Å². The summed E-state index contributed by atoms with van der Waals surface area (Å²) in [7, 11) is 0. The first kappa shape index (κ1) is 12.5. The first-order chi connectivity index (χ1) is 7.24. The normalized spacial score (nSPS) is 18.9. The van der Waals surface area contributed by atoms with E-state index >= 15 is 0 Å². The predicted molar refractivity (Wildman–Crippen MR) is 60.7 cm³/mol. The van der Waals surface area contributed by atoms with Crippen molar-refractivity contribution in [3.05, 3.63) is 0 Å². The molecule has 3 heteroatoms. The van der Waals surface area contributed by atoms with Crippen molar-refractivity contribution in [2.45, 2.75) is 39.5 Å².